The molecule has 2 fully saturated rings. The Labute approximate surface area is 274 Å². The maximum atomic E-state index is 12.6. The van der Waals surface area contributed by atoms with E-state index in [1.165, 1.54) is 24.9 Å². The Balaban J connectivity index is 0.919. The van der Waals surface area contributed by atoms with Crippen molar-refractivity contribution in [3.8, 4) is 6.07 Å². The number of nitrogens with zero attached hydrogens (tertiary/aromatic N) is 5. The average molecular weight is 649 g/mol. The number of anilines is 1. The van der Waals surface area contributed by atoms with Crippen LogP contribution in [0.4, 0.5) is 5.69 Å². The van der Waals surface area contributed by atoms with Gasteiger partial charge in [-0.3, -0.25) is 4.79 Å². The highest BCUT2D eigenvalue weighted by molar-refractivity contribution is 6.02. The zero-order chi connectivity index (χ0) is 32.8. The molecule has 3 aromatic rings. The number of benzene rings is 2. The van der Waals surface area contributed by atoms with E-state index < -0.39 is 24.2 Å². The fourth-order valence-electron chi connectivity index (χ4n) is 5.65. The number of ether oxygens (including phenoxy) is 4. The molecule has 0 radical (unpaired) electrons. The molecular weight excluding hydrogens is 604 g/mol. The summed E-state index contributed by atoms with van der Waals surface area (Å²) in [5.74, 6) is -0.441. The summed E-state index contributed by atoms with van der Waals surface area (Å²) in [5.41, 5.74) is 2.71. The molecule has 0 spiro atoms. The third-order valence-corrected chi connectivity index (χ3v) is 8.24. The topological polar surface area (TPSA) is 164 Å². The van der Waals surface area contributed by atoms with Gasteiger partial charge in [0.1, 0.15) is 29.5 Å². The van der Waals surface area contributed by atoms with Crippen LogP contribution in [-0.4, -0.2) is 109 Å². The third kappa shape index (κ3) is 10.3. The fraction of sp³-hybridized carbons (Fsp3) is 0.529. The van der Waals surface area contributed by atoms with Crippen LogP contribution in [0.15, 0.2) is 48.2 Å². The Hall–Kier alpha value is -3.90. The molecule has 13 heteroatoms. The zero-order valence-electron chi connectivity index (χ0n) is 26.6. The van der Waals surface area contributed by atoms with E-state index >= 15 is 0 Å². The van der Waals surface area contributed by atoms with Gasteiger partial charge < -0.3 is 39.4 Å². The van der Waals surface area contributed by atoms with Gasteiger partial charge in [0.05, 0.1) is 58.5 Å². The number of rotatable bonds is 16. The number of fused-ring (bicyclic) bond motifs is 1. The molecule has 0 unspecified atom stereocenters. The van der Waals surface area contributed by atoms with Crippen LogP contribution in [0.2, 0.25) is 0 Å². The molecule has 13 nitrogen and oxygen atoms in total. The molecule has 0 aliphatic carbocycles. The van der Waals surface area contributed by atoms with Crippen molar-refractivity contribution in [2.75, 3.05) is 64.2 Å². The predicted octanol–water partition coefficient (Wildman–Crippen LogP) is 2.21. The number of hydrogen-bond acceptors (Lipinski definition) is 11. The van der Waals surface area contributed by atoms with Crippen molar-refractivity contribution in [2.45, 2.75) is 57.1 Å². The largest absolute Gasteiger partial charge is 0.390 e. The standard InChI is InChI=1S/C34H44N6O7/c35-21-28(19-25-4-5-27-20-30(7-6-26(27)18-25)39-10-2-1-3-11-39)34(43)36-9-13-44-14-15-45-16-17-46-24-29-22-40(38-37-29)23-32-33(42)31(41)8-12-47-32/h4-7,18-20,22,31-33,41-42H,1-3,8-17,23-24H2,(H,36,43)/b28-19+/t31-,32-,33+/m1/s1. The molecule has 1 amide bonds. The average Bonchev–Trinajstić information content (AvgIpc) is 3.55. The quantitative estimate of drug-likeness (QED) is 0.119. The van der Waals surface area contributed by atoms with Crippen LogP contribution in [0.3, 0.4) is 0 Å². The number of amides is 1. The highest BCUT2D eigenvalue weighted by Crippen LogP contribution is 2.26. The number of piperidine rings is 1. The van der Waals surface area contributed by atoms with Crippen molar-refractivity contribution in [3.05, 3.63) is 59.4 Å². The molecule has 47 heavy (non-hydrogen) atoms. The first-order chi connectivity index (χ1) is 23.0. The molecule has 3 N–H and O–H groups in total. The Morgan fingerprint density at radius 3 is 2.57 bits per heavy atom. The van der Waals surface area contributed by atoms with Crippen molar-refractivity contribution in [1.82, 2.24) is 20.3 Å². The molecule has 2 saturated heterocycles. The molecule has 0 bridgehead atoms. The molecule has 252 valence electrons. The van der Waals surface area contributed by atoms with Crippen molar-refractivity contribution in [2.24, 2.45) is 0 Å². The number of hydrogen-bond donors (Lipinski definition) is 3. The van der Waals surface area contributed by atoms with Gasteiger partial charge in [0.15, 0.2) is 0 Å². The zero-order valence-corrected chi connectivity index (χ0v) is 26.6. The lowest BCUT2D eigenvalue weighted by molar-refractivity contribution is -0.140. The molecule has 2 aromatic carbocycles. The van der Waals surface area contributed by atoms with E-state index in [0.29, 0.717) is 51.7 Å². The van der Waals surface area contributed by atoms with Gasteiger partial charge in [-0.15, -0.1) is 5.10 Å². The van der Waals surface area contributed by atoms with Crippen LogP contribution in [0.1, 0.15) is 36.9 Å². The summed E-state index contributed by atoms with van der Waals surface area (Å²) in [4.78, 5) is 15.0. The summed E-state index contributed by atoms with van der Waals surface area (Å²) in [6.45, 7) is 5.14. The van der Waals surface area contributed by atoms with Gasteiger partial charge in [-0.25, -0.2) is 4.68 Å². The number of carbonyl (C=O) groups excluding carboxylic acids is 1. The number of nitrogens with one attached hydrogen (secondary N) is 1. The van der Waals surface area contributed by atoms with Gasteiger partial charge in [0, 0.05) is 31.9 Å². The SMILES string of the molecule is N#C/C(=C\c1ccc2cc(N3CCCCC3)ccc2c1)C(=O)NCCOCCOCCOCc1cn(C[C@H]2OCC[C@@H](O)[C@@H]2O)nn1. The van der Waals surface area contributed by atoms with Crippen LogP contribution >= 0.6 is 0 Å². The summed E-state index contributed by atoms with van der Waals surface area (Å²) >= 11 is 0. The summed E-state index contributed by atoms with van der Waals surface area (Å²) in [7, 11) is 0. The number of aromatic nitrogens is 3. The highest BCUT2D eigenvalue weighted by Gasteiger charge is 2.31. The van der Waals surface area contributed by atoms with Gasteiger partial charge in [-0.05, 0) is 66.3 Å². The normalized spacial score (nSPS) is 20.3. The van der Waals surface area contributed by atoms with E-state index in [2.05, 4.69) is 38.7 Å². The summed E-state index contributed by atoms with van der Waals surface area (Å²) in [5, 5.41) is 42.4. The lowest BCUT2D eigenvalue weighted by atomic mass is 10.0. The first-order valence-electron chi connectivity index (χ1n) is 16.3. The number of aliphatic hydroxyl groups excluding tert-OH is 2. The summed E-state index contributed by atoms with van der Waals surface area (Å²) in [6, 6.07) is 14.4. The maximum Gasteiger partial charge on any atom is 0.262 e. The van der Waals surface area contributed by atoms with E-state index in [1.54, 1.807) is 17.0 Å². The molecule has 3 heterocycles. The van der Waals surface area contributed by atoms with Crippen LogP contribution < -0.4 is 10.2 Å². The molecule has 1 aromatic heterocycles. The van der Waals surface area contributed by atoms with Crippen LogP contribution in [-0.2, 0) is 36.9 Å². The minimum Gasteiger partial charge on any atom is -0.390 e. The van der Waals surface area contributed by atoms with E-state index in [-0.39, 0.29) is 25.3 Å². The molecule has 3 atom stereocenters. The highest BCUT2D eigenvalue weighted by atomic mass is 16.5. The van der Waals surface area contributed by atoms with Gasteiger partial charge >= 0.3 is 0 Å². The predicted molar refractivity (Wildman–Crippen MR) is 174 cm³/mol. The smallest absolute Gasteiger partial charge is 0.262 e. The van der Waals surface area contributed by atoms with Crippen molar-refractivity contribution in [3.63, 3.8) is 0 Å². The Kier molecular flexibility index (Phi) is 13.1. The first-order valence-corrected chi connectivity index (χ1v) is 16.3. The van der Waals surface area contributed by atoms with Gasteiger partial charge in [-0.2, -0.15) is 5.26 Å². The number of aliphatic hydroxyl groups is 2. The minimum absolute atomic E-state index is 0.0389. The second-order valence-corrected chi connectivity index (χ2v) is 11.7. The number of carbonyl (C=O) groups is 1. The molecule has 5 rings (SSSR count). The molecule has 2 aliphatic heterocycles. The van der Waals surface area contributed by atoms with Crippen LogP contribution in [0.5, 0.6) is 0 Å². The monoisotopic (exact) mass is 648 g/mol. The number of nitriles is 1. The van der Waals surface area contributed by atoms with Crippen molar-refractivity contribution >= 4 is 28.4 Å². The Bertz CT molecular complexity index is 1520. The fourth-order valence-corrected chi connectivity index (χ4v) is 5.65. The van der Waals surface area contributed by atoms with E-state index in [0.717, 1.165) is 29.4 Å². The van der Waals surface area contributed by atoms with Gasteiger partial charge in [-0.1, -0.05) is 23.4 Å². The second kappa shape index (κ2) is 17.9. The second-order valence-electron chi connectivity index (χ2n) is 11.7. The summed E-state index contributed by atoms with van der Waals surface area (Å²) in [6.07, 6.45) is 5.21. The maximum absolute atomic E-state index is 12.6. The van der Waals surface area contributed by atoms with Crippen LogP contribution in [0, 0.1) is 11.3 Å². The lowest BCUT2D eigenvalue weighted by Gasteiger charge is -2.31. The van der Waals surface area contributed by atoms with Crippen molar-refractivity contribution < 1.29 is 34.0 Å². The third-order valence-electron chi connectivity index (χ3n) is 8.24. The molecule has 0 saturated carbocycles. The molecular formula is C34H44N6O7. The Morgan fingerprint density at radius 2 is 1.77 bits per heavy atom. The van der Waals surface area contributed by atoms with E-state index in [9.17, 15) is 20.3 Å². The Morgan fingerprint density at radius 1 is 1.02 bits per heavy atom. The lowest BCUT2D eigenvalue weighted by Crippen LogP contribution is -2.46. The minimum atomic E-state index is -0.953. The molecule has 2 aliphatic rings. The van der Waals surface area contributed by atoms with Gasteiger partial charge in [0.2, 0.25) is 0 Å². The van der Waals surface area contributed by atoms with E-state index in [4.69, 9.17) is 18.9 Å². The van der Waals surface area contributed by atoms with Gasteiger partial charge in [0.25, 0.3) is 5.91 Å². The summed E-state index contributed by atoms with van der Waals surface area (Å²) < 4.78 is 23.7. The van der Waals surface area contributed by atoms with Crippen molar-refractivity contribution in [1.29, 1.82) is 5.26 Å². The van der Waals surface area contributed by atoms with E-state index in [1.807, 2.05) is 24.3 Å². The first kappa shape index (κ1) is 34.4. The van der Waals surface area contributed by atoms with Crippen LogP contribution in [0.25, 0.3) is 16.8 Å².